The molecule has 1 fully saturated rings. The molecular weight excluding hydrogens is 238 g/mol. The molecule has 3 nitrogen and oxygen atoms in total. The molecule has 1 aliphatic heterocycles. The van der Waals surface area contributed by atoms with Gasteiger partial charge in [-0.15, -0.1) is 5.06 Å². The third-order valence-corrected chi connectivity index (χ3v) is 3.78. The van der Waals surface area contributed by atoms with Gasteiger partial charge in [-0.05, 0) is 19.3 Å². The first-order valence-electron chi connectivity index (χ1n) is 8.28. The number of rotatable bonds is 11. The lowest BCUT2D eigenvalue weighted by Crippen LogP contribution is -2.23. The predicted molar refractivity (Wildman–Crippen MR) is 78.7 cm³/mol. The third-order valence-electron chi connectivity index (χ3n) is 3.78. The van der Waals surface area contributed by atoms with Gasteiger partial charge in [0, 0.05) is 19.5 Å². The summed E-state index contributed by atoms with van der Waals surface area (Å²) in [5.41, 5.74) is 0. The Morgan fingerprint density at radius 2 is 1.42 bits per heavy atom. The Labute approximate surface area is 118 Å². The van der Waals surface area contributed by atoms with Crippen LogP contribution in [0.4, 0.5) is 0 Å². The van der Waals surface area contributed by atoms with Crippen molar-refractivity contribution in [2.45, 2.75) is 84.0 Å². The van der Waals surface area contributed by atoms with Crippen LogP contribution >= 0.6 is 0 Å². The maximum atomic E-state index is 11.5. The highest BCUT2D eigenvalue weighted by molar-refractivity contribution is 5.68. The summed E-state index contributed by atoms with van der Waals surface area (Å²) >= 11 is 0. The summed E-state index contributed by atoms with van der Waals surface area (Å²) in [6.45, 7) is 4.09. The van der Waals surface area contributed by atoms with Crippen LogP contribution in [0.5, 0.6) is 0 Å². The SMILES string of the molecule is CCCCCCCCCCCC(=O)ON1CCCC1. The molecule has 0 aromatic rings. The minimum absolute atomic E-state index is 0.0372. The molecule has 1 saturated heterocycles. The van der Waals surface area contributed by atoms with Gasteiger partial charge in [0.1, 0.15) is 0 Å². The Hall–Kier alpha value is -0.570. The van der Waals surface area contributed by atoms with E-state index in [2.05, 4.69) is 6.92 Å². The van der Waals surface area contributed by atoms with Gasteiger partial charge < -0.3 is 4.84 Å². The van der Waals surface area contributed by atoms with Crippen molar-refractivity contribution in [3.05, 3.63) is 0 Å². The largest absolute Gasteiger partial charge is 0.368 e. The molecule has 0 radical (unpaired) electrons. The first kappa shape index (κ1) is 16.5. The molecule has 112 valence electrons. The van der Waals surface area contributed by atoms with Gasteiger partial charge in [-0.2, -0.15) is 0 Å². The molecule has 1 rings (SSSR count). The number of nitrogens with zero attached hydrogens (tertiary/aromatic N) is 1. The second-order valence-electron chi connectivity index (χ2n) is 5.68. The van der Waals surface area contributed by atoms with Crippen LogP contribution in [0.15, 0.2) is 0 Å². The van der Waals surface area contributed by atoms with Crippen molar-refractivity contribution < 1.29 is 9.63 Å². The van der Waals surface area contributed by atoms with Gasteiger partial charge in [0.25, 0.3) is 0 Å². The monoisotopic (exact) mass is 269 g/mol. The van der Waals surface area contributed by atoms with Crippen LogP contribution in [0.3, 0.4) is 0 Å². The van der Waals surface area contributed by atoms with Crippen molar-refractivity contribution in [3.8, 4) is 0 Å². The van der Waals surface area contributed by atoms with Crippen molar-refractivity contribution in [1.29, 1.82) is 0 Å². The molecule has 0 aromatic heterocycles. The van der Waals surface area contributed by atoms with E-state index in [0.29, 0.717) is 6.42 Å². The molecule has 0 atom stereocenters. The zero-order chi connectivity index (χ0) is 13.8. The van der Waals surface area contributed by atoms with E-state index in [4.69, 9.17) is 4.84 Å². The summed E-state index contributed by atoms with van der Waals surface area (Å²) in [4.78, 5) is 16.8. The zero-order valence-corrected chi connectivity index (χ0v) is 12.7. The molecule has 0 aliphatic carbocycles. The maximum Gasteiger partial charge on any atom is 0.325 e. The molecule has 1 aliphatic rings. The fourth-order valence-corrected chi connectivity index (χ4v) is 2.55. The number of hydrogen-bond donors (Lipinski definition) is 0. The Morgan fingerprint density at radius 3 is 2.00 bits per heavy atom. The van der Waals surface area contributed by atoms with Crippen LogP contribution in [0, 0.1) is 0 Å². The van der Waals surface area contributed by atoms with Gasteiger partial charge in [0.2, 0.25) is 0 Å². The number of carbonyl (C=O) groups excluding carboxylic acids is 1. The average Bonchev–Trinajstić information content (AvgIpc) is 2.89. The standard InChI is InChI=1S/C16H31NO2/c1-2-3-4-5-6-7-8-9-10-13-16(18)19-17-14-11-12-15-17/h2-15H2,1H3. The van der Waals surface area contributed by atoms with Crippen molar-refractivity contribution in [3.63, 3.8) is 0 Å². The Balaban J connectivity index is 1.80. The lowest BCUT2D eigenvalue weighted by molar-refractivity contribution is -0.185. The highest BCUT2D eigenvalue weighted by Crippen LogP contribution is 2.12. The molecule has 0 aromatic carbocycles. The first-order valence-corrected chi connectivity index (χ1v) is 8.28. The van der Waals surface area contributed by atoms with E-state index in [9.17, 15) is 4.79 Å². The fourth-order valence-electron chi connectivity index (χ4n) is 2.55. The van der Waals surface area contributed by atoms with Gasteiger partial charge >= 0.3 is 5.97 Å². The van der Waals surface area contributed by atoms with Crippen LogP contribution in [-0.4, -0.2) is 24.1 Å². The molecule has 0 N–H and O–H groups in total. The van der Waals surface area contributed by atoms with Crippen molar-refractivity contribution >= 4 is 5.97 Å². The quantitative estimate of drug-likeness (QED) is 0.519. The van der Waals surface area contributed by atoms with Crippen molar-refractivity contribution in [2.24, 2.45) is 0 Å². The lowest BCUT2D eigenvalue weighted by Gasteiger charge is -2.13. The van der Waals surface area contributed by atoms with Crippen LogP contribution in [0.2, 0.25) is 0 Å². The van der Waals surface area contributed by atoms with Crippen LogP contribution < -0.4 is 0 Å². The Bertz CT molecular complexity index is 225. The summed E-state index contributed by atoms with van der Waals surface area (Å²) < 4.78 is 0. The summed E-state index contributed by atoms with van der Waals surface area (Å²) in [6.07, 6.45) is 14.5. The number of hydroxylamine groups is 2. The third kappa shape index (κ3) is 9.04. The minimum atomic E-state index is -0.0372. The minimum Gasteiger partial charge on any atom is -0.368 e. The molecule has 1 heterocycles. The van der Waals surface area contributed by atoms with Crippen LogP contribution in [0.25, 0.3) is 0 Å². The summed E-state index contributed by atoms with van der Waals surface area (Å²) in [6, 6.07) is 0. The van der Waals surface area contributed by atoms with Gasteiger partial charge in [-0.3, -0.25) is 4.79 Å². The van der Waals surface area contributed by atoms with Crippen molar-refractivity contribution in [2.75, 3.05) is 13.1 Å². The van der Waals surface area contributed by atoms with E-state index in [1.807, 2.05) is 5.06 Å². The van der Waals surface area contributed by atoms with E-state index in [1.165, 1.54) is 51.4 Å². The maximum absolute atomic E-state index is 11.5. The molecule has 0 unspecified atom stereocenters. The molecule has 0 saturated carbocycles. The highest BCUT2D eigenvalue weighted by atomic mass is 16.7. The second kappa shape index (κ2) is 11.3. The summed E-state index contributed by atoms with van der Waals surface area (Å²) in [5.74, 6) is -0.0372. The smallest absolute Gasteiger partial charge is 0.325 e. The zero-order valence-electron chi connectivity index (χ0n) is 12.7. The van der Waals surface area contributed by atoms with E-state index in [1.54, 1.807) is 0 Å². The number of hydrogen-bond acceptors (Lipinski definition) is 3. The topological polar surface area (TPSA) is 29.5 Å². The average molecular weight is 269 g/mol. The molecule has 0 amide bonds. The second-order valence-corrected chi connectivity index (χ2v) is 5.68. The van der Waals surface area contributed by atoms with Crippen LogP contribution in [-0.2, 0) is 9.63 Å². The van der Waals surface area contributed by atoms with E-state index < -0.39 is 0 Å². The Morgan fingerprint density at radius 1 is 0.895 bits per heavy atom. The normalized spacial score (nSPS) is 15.8. The summed E-state index contributed by atoms with van der Waals surface area (Å²) in [5, 5.41) is 1.82. The van der Waals surface area contributed by atoms with Gasteiger partial charge in [-0.25, -0.2) is 0 Å². The molecule has 0 bridgehead atoms. The van der Waals surface area contributed by atoms with E-state index in [-0.39, 0.29) is 5.97 Å². The fraction of sp³-hybridized carbons (Fsp3) is 0.938. The number of unbranched alkanes of at least 4 members (excludes halogenated alkanes) is 8. The van der Waals surface area contributed by atoms with Crippen molar-refractivity contribution in [1.82, 2.24) is 5.06 Å². The van der Waals surface area contributed by atoms with E-state index >= 15 is 0 Å². The van der Waals surface area contributed by atoms with Gasteiger partial charge in [-0.1, -0.05) is 58.3 Å². The predicted octanol–water partition coefficient (Wildman–Crippen LogP) is 4.46. The first-order chi connectivity index (χ1) is 9.33. The van der Waals surface area contributed by atoms with Gasteiger partial charge in [0.05, 0.1) is 0 Å². The molecule has 19 heavy (non-hydrogen) atoms. The van der Waals surface area contributed by atoms with Gasteiger partial charge in [0.15, 0.2) is 0 Å². The molecular formula is C16H31NO2. The Kier molecular flexibility index (Phi) is 9.78. The lowest BCUT2D eigenvalue weighted by atomic mass is 10.1. The molecule has 0 spiro atoms. The van der Waals surface area contributed by atoms with E-state index in [0.717, 1.165) is 32.4 Å². The summed E-state index contributed by atoms with van der Waals surface area (Å²) in [7, 11) is 0. The number of carbonyl (C=O) groups is 1. The highest BCUT2D eigenvalue weighted by Gasteiger charge is 2.15. The van der Waals surface area contributed by atoms with Crippen LogP contribution in [0.1, 0.15) is 84.0 Å². The molecule has 3 heteroatoms.